The summed E-state index contributed by atoms with van der Waals surface area (Å²) in [5.41, 5.74) is 2.96. The van der Waals surface area contributed by atoms with Crippen molar-refractivity contribution in [2.75, 3.05) is 0 Å². The molecule has 2 nitrogen and oxygen atoms in total. The topological polar surface area (TPSA) is 44.1 Å². The van der Waals surface area contributed by atoms with Crippen molar-refractivity contribution in [2.45, 2.75) is 71.3 Å². The molecule has 0 aromatic rings. The Bertz CT molecular complexity index is 510. The zero-order valence-electron chi connectivity index (χ0n) is 13.5. The number of allylic oxidation sites excluding steroid dienone is 2. The van der Waals surface area contributed by atoms with Gasteiger partial charge in [-0.25, -0.2) is 0 Å². The molecular formula is C19H29NO. The average Bonchev–Trinajstić information content (AvgIpc) is 2.76. The third-order valence-corrected chi connectivity index (χ3v) is 7.95. The van der Waals surface area contributed by atoms with E-state index in [2.05, 4.69) is 19.9 Å². The van der Waals surface area contributed by atoms with Crippen LogP contribution in [-0.2, 0) is 0 Å². The van der Waals surface area contributed by atoms with Crippen molar-refractivity contribution in [2.24, 2.45) is 28.6 Å². The second kappa shape index (κ2) is 4.44. The molecule has 4 aliphatic rings. The summed E-state index contributed by atoms with van der Waals surface area (Å²) in [6.07, 6.45) is 11.5. The molecule has 0 amide bonds. The number of aliphatic hydroxyl groups excluding tert-OH is 1. The van der Waals surface area contributed by atoms with Gasteiger partial charge in [0.2, 0.25) is 0 Å². The summed E-state index contributed by atoms with van der Waals surface area (Å²) in [5.74, 6) is 2.36. The van der Waals surface area contributed by atoms with Gasteiger partial charge in [-0.15, -0.1) is 0 Å². The Morgan fingerprint density at radius 3 is 2.67 bits per heavy atom. The molecule has 0 aromatic heterocycles. The molecule has 2 heteroatoms. The summed E-state index contributed by atoms with van der Waals surface area (Å²) in [6, 6.07) is 0. The van der Waals surface area contributed by atoms with Crippen molar-refractivity contribution in [1.82, 2.24) is 0 Å². The molecule has 6 atom stereocenters. The fourth-order valence-corrected chi connectivity index (χ4v) is 6.56. The largest absolute Gasteiger partial charge is 0.393 e. The van der Waals surface area contributed by atoms with Crippen LogP contribution in [-0.4, -0.2) is 16.9 Å². The van der Waals surface area contributed by atoms with Gasteiger partial charge in [0.1, 0.15) is 0 Å². The molecule has 0 heterocycles. The highest BCUT2D eigenvalue weighted by Crippen LogP contribution is 2.65. The lowest BCUT2D eigenvalue weighted by atomic mass is 9.47. The van der Waals surface area contributed by atoms with E-state index in [4.69, 9.17) is 5.41 Å². The van der Waals surface area contributed by atoms with Crippen LogP contribution in [0.1, 0.15) is 65.2 Å². The maximum absolute atomic E-state index is 10.5. The molecule has 6 unspecified atom stereocenters. The Hall–Kier alpha value is -0.630. The monoisotopic (exact) mass is 287 g/mol. The quantitative estimate of drug-likeness (QED) is 0.684. The summed E-state index contributed by atoms with van der Waals surface area (Å²) in [5, 5.41) is 18.5. The van der Waals surface area contributed by atoms with E-state index in [1.165, 1.54) is 38.5 Å². The van der Waals surface area contributed by atoms with E-state index < -0.39 is 0 Å². The Kier molecular flexibility index (Phi) is 2.96. The van der Waals surface area contributed by atoms with Crippen LogP contribution in [0.4, 0.5) is 0 Å². The molecule has 0 bridgehead atoms. The minimum Gasteiger partial charge on any atom is -0.393 e. The fourth-order valence-electron chi connectivity index (χ4n) is 6.56. The maximum Gasteiger partial charge on any atom is 0.0596 e. The SMILES string of the molecule is CC12CCC(=N)C=C1CCC1C2CCC2(C)C(O)CCC12. The average molecular weight is 287 g/mol. The van der Waals surface area contributed by atoms with Gasteiger partial charge in [0, 0.05) is 5.71 Å². The van der Waals surface area contributed by atoms with E-state index in [9.17, 15) is 5.11 Å². The Labute approximate surface area is 128 Å². The van der Waals surface area contributed by atoms with Gasteiger partial charge in [0.05, 0.1) is 6.10 Å². The van der Waals surface area contributed by atoms with E-state index in [-0.39, 0.29) is 11.5 Å². The molecule has 0 aromatic carbocycles. The van der Waals surface area contributed by atoms with E-state index in [1.54, 1.807) is 5.57 Å². The van der Waals surface area contributed by atoms with Crippen LogP contribution < -0.4 is 0 Å². The minimum atomic E-state index is -0.0623. The molecule has 3 saturated carbocycles. The van der Waals surface area contributed by atoms with E-state index in [1.807, 2.05) is 0 Å². The van der Waals surface area contributed by atoms with Crippen LogP contribution in [0.3, 0.4) is 0 Å². The summed E-state index contributed by atoms with van der Waals surface area (Å²) >= 11 is 0. The number of hydrogen-bond acceptors (Lipinski definition) is 2. The fraction of sp³-hybridized carbons (Fsp3) is 0.842. The summed E-state index contributed by atoms with van der Waals surface area (Å²) < 4.78 is 0. The first-order valence-electron chi connectivity index (χ1n) is 8.92. The summed E-state index contributed by atoms with van der Waals surface area (Å²) in [4.78, 5) is 0. The molecule has 116 valence electrons. The van der Waals surface area contributed by atoms with Crippen molar-refractivity contribution >= 4 is 5.71 Å². The van der Waals surface area contributed by atoms with E-state index in [0.29, 0.717) is 5.41 Å². The Morgan fingerprint density at radius 2 is 1.86 bits per heavy atom. The van der Waals surface area contributed by atoms with Crippen molar-refractivity contribution in [3.05, 3.63) is 11.6 Å². The second-order valence-electron chi connectivity index (χ2n) is 8.67. The highest BCUT2D eigenvalue weighted by molar-refractivity contribution is 5.94. The lowest BCUT2D eigenvalue weighted by Gasteiger charge is -2.57. The Morgan fingerprint density at radius 1 is 1.05 bits per heavy atom. The molecule has 0 aliphatic heterocycles. The van der Waals surface area contributed by atoms with E-state index >= 15 is 0 Å². The molecule has 4 rings (SSSR count). The van der Waals surface area contributed by atoms with Gasteiger partial charge in [-0.2, -0.15) is 0 Å². The molecular weight excluding hydrogens is 258 g/mol. The van der Waals surface area contributed by atoms with E-state index in [0.717, 1.165) is 36.3 Å². The van der Waals surface area contributed by atoms with Crippen molar-refractivity contribution < 1.29 is 5.11 Å². The van der Waals surface area contributed by atoms with Gasteiger partial charge >= 0.3 is 0 Å². The number of hydrogen-bond donors (Lipinski definition) is 2. The van der Waals surface area contributed by atoms with Crippen LogP contribution in [0.25, 0.3) is 0 Å². The molecule has 0 spiro atoms. The number of rotatable bonds is 0. The zero-order valence-corrected chi connectivity index (χ0v) is 13.5. The predicted molar refractivity (Wildman–Crippen MR) is 85.4 cm³/mol. The zero-order chi connectivity index (χ0) is 14.8. The van der Waals surface area contributed by atoms with Gasteiger partial charge in [0.15, 0.2) is 0 Å². The number of nitrogens with one attached hydrogen (secondary N) is 1. The highest BCUT2D eigenvalue weighted by Gasteiger charge is 2.58. The van der Waals surface area contributed by atoms with Crippen molar-refractivity contribution in [3.8, 4) is 0 Å². The van der Waals surface area contributed by atoms with Crippen molar-refractivity contribution in [1.29, 1.82) is 5.41 Å². The smallest absolute Gasteiger partial charge is 0.0596 e. The lowest BCUT2D eigenvalue weighted by Crippen LogP contribution is -2.51. The molecule has 21 heavy (non-hydrogen) atoms. The summed E-state index contributed by atoms with van der Waals surface area (Å²) in [7, 11) is 0. The minimum absolute atomic E-state index is 0.0623. The molecule has 0 saturated heterocycles. The molecule has 3 fully saturated rings. The third kappa shape index (κ3) is 1.78. The van der Waals surface area contributed by atoms with Crippen LogP contribution >= 0.6 is 0 Å². The van der Waals surface area contributed by atoms with Gasteiger partial charge < -0.3 is 10.5 Å². The normalized spacial score (nSPS) is 52.7. The molecule has 2 N–H and O–H groups in total. The van der Waals surface area contributed by atoms with Crippen LogP contribution in [0.2, 0.25) is 0 Å². The van der Waals surface area contributed by atoms with Crippen LogP contribution in [0.15, 0.2) is 11.6 Å². The highest BCUT2D eigenvalue weighted by atomic mass is 16.3. The first-order chi connectivity index (χ1) is 9.95. The van der Waals surface area contributed by atoms with Gasteiger partial charge in [-0.3, -0.25) is 0 Å². The third-order valence-electron chi connectivity index (χ3n) is 7.95. The van der Waals surface area contributed by atoms with Crippen LogP contribution in [0.5, 0.6) is 0 Å². The summed E-state index contributed by atoms with van der Waals surface area (Å²) in [6.45, 7) is 4.84. The Balaban J connectivity index is 1.69. The first kappa shape index (κ1) is 14.0. The first-order valence-corrected chi connectivity index (χ1v) is 8.92. The predicted octanol–water partition coefficient (Wildman–Crippen LogP) is 4.33. The molecule has 4 aliphatic carbocycles. The standard InChI is InChI=1S/C19H29NO/c1-18-9-7-13(20)11-12(18)3-4-14-15-5-6-17(21)19(15,2)10-8-16(14)18/h11,14-17,20-21H,3-10H2,1-2H3. The van der Waals surface area contributed by atoms with Gasteiger partial charge in [0.25, 0.3) is 0 Å². The van der Waals surface area contributed by atoms with Crippen LogP contribution in [0, 0.1) is 34.0 Å². The second-order valence-corrected chi connectivity index (χ2v) is 8.67. The maximum atomic E-state index is 10.5. The van der Waals surface area contributed by atoms with Gasteiger partial charge in [-0.05, 0) is 86.0 Å². The molecule has 0 radical (unpaired) electrons. The number of fused-ring (bicyclic) bond motifs is 5. The van der Waals surface area contributed by atoms with Gasteiger partial charge in [-0.1, -0.05) is 19.4 Å². The number of aliphatic hydroxyl groups is 1. The van der Waals surface area contributed by atoms with Crippen molar-refractivity contribution in [3.63, 3.8) is 0 Å². The lowest BCUT2D eigenvalue weighted by molar-refractivity contribution is -0.0721.